The number of carbonyl (C=O) groups excluding carboxylic acids is 1. The van der Waals surface area contributed by atoms with Crippen molar-refractivity contribution in [3.05, 3.63) is 88.4 Å². The first-order valence-electron chi connectivity index (χ1n) is 15.8. The summed E-state index contributed by atoms with van der Waals surface area (Å²) < 4.78 is 18.7. The van der Waals surface area contributed by atoms with Crippen molar-refractivity contribution in [1.29, 1.82) is 0 Å². The molecule has 9 nitrogen and oxygen atoms in total. The van der Waals surface area contributed by atoms with E-state index in [9.17, 15) is 4.79 Å². The van der Waals surface area contributed by atoms with Crippen LogP contribution in [-0.2, 0) is 6.54 Å². The molecule has 1 aliphatic heterocycles. The summed E-state index contributed by atoms with van der Waals surface area (Å²) in [5.74, 6) is 2.17. The van der Waals surface area contributed by atoms with Crippen LogP contribution in [0.25, 0.3) is 11.0 Å². The normalized spacial score (nSPS) is 14.5. The highest BCUT2D eigenvalue weighted by Crippen LogP contribution is 2.39. The first-order chi connectivity index (χ1) is 22.8. The minimum Gasteiger partial charge on any atom is -0.493 e. The molecule has 4 aromatic rings. The van der Waals surface area contributed by atoms with Crippen molar-refractivity contribution < 1.29 is 19.0 Å². The summed E-state index contributed by atoms with van der Waals surface area (Å²) in [6.45, 7) is 9.73. The van der Waals surface area contributed by atoms with Gasteiger partial charge in [0, 0.05) is 51.3 Å². The number of aromatic nitrogens is 2. The number of hydrogen-bond acceptors (Lipinski definition) is 7. The molecule has 0 spiro atoms. The van der Waals surface area contributed by atoms with Gasteiger partial charge in [-0.05, 0) is 67.9 Å². The molecule has 1 aliphatic rings. The maximum Gasteiger partial charge on any atom is 0.253 e. The van der Waals surface area contributed by atoms with Crippen LogP contribution in [0, 0.1) is 0 Å². The number of imidazole rings is 1. The molecule has 2 heterocycles. The smallest absolute Gasteiger partial charge is 0.253 e. The Morgan fingerprint density at radius 1 is 0.979 bits per heavy atom. The van der Waals surface area contributed by atoms with Crippen molar-refractivity contribution >= 4 is 46.1 Å². The van der Waals surface area contributed by atoms with Gasteiger partial charge in [0.25, 0.3) is 5.91 Å². The number of para-hydroxylation sites is 2. The van der Waals surface area contributed by atoms with E-state index < -0.39 is 0 Å². The number of allylic oxidation sites excluding steroid dienone is 1. The second kappa shape index (κ2) is 15.8. The third-order valence-corrected chi connectivity index (χ3v) is 9.52. The molecule has 5 rings (SSSR count). The maximum atomic E-state index is 13.7. The Bertz CT molecular complexity index is 1690. The van der Waals surface area contributed by atoms with Gasteiger partial charge in [-0.2, -0.15) is 0 Å². The maximum absolute atomic E-state index is 13.7. The predicted molar refractivity (Wildman–Crippen MR) is 190 cm³/mol. The summed E-state index contributed by atoms with van der Waals surface area (Å²) >= 11 is 12.8. The minimum absolute atomic E-state index is 0.0249. The molecule has 11 heteroatoms. The third-order valence-electron chi connectivity index (χ3n) is 8.78. The quantitative estimate of drug-likeness (QED) is 0.141. The number of likely N-dealkylation sites (N-methyl/N-ethyl adjacent to an activating group) is 1. The number of ether oxygens (including phenoxy) is 3. The first kappa shape index (κ1) is 34.4. The van der Waals surface area contributed by atoms with E-state index in [0.717, 1.165) is 68.1 Å². The molecular weight excluding hydrogens is 637 g/mol. The summed E-state index contributed by atoms with van der Waals surface area (Å²) in [7, 11) is 6.43. The van der Waals surface area contributed by atoms with Crippen molar-refractivity contribution in [1.82, 2.24) is 19.4 Å². The summed E-state index contributed by atoms with van der Waals surface area (Å²) in [4.78, 5) is 25.4. The van der Waals surface area contributed by atoms with Crippen LogP contribution in [0.15, 0.2) is 67.3 Å². The highest BCUT2D eigenvalue weighted by Gasteiger charge is 2.25. The number of amides is 1. The largest absolute Gasteiger partial charge is 0.493 e. The zero-order chi connectivity index (χ0) is 33.5. The summed E-state index contributed by atoms with van der Waals surface area (Å²) in [6.07, 6.45) is 3.78. The molecule has 1 saturated heterocycles. The number of carbonyl (C=O) groups is 1. The highest BCUT2D eigenvalue weighted by molar-refractivity contribution is 6.42. The number of fused-ring (bicyclic) bond motifs is 1. The van der Waals surface area contributed by atoms with E-state index in [4.69, 9.17) is 42.4 Å². The van der Waals surface area contributed by atoms with Gasteiger partial charge in [0.1, 0.15) is 0 Å². The monoisotopic (exact) mass is 679 g/mol. The van der Waals surface area contributed by atoms with Crippen LogP contribution in [-0.4, -0.2) is 92.9 Å². The lowest BCUT2D eigenvalue weighted by Gasteiger charge is -2.28. The van der Waals surface area contributed by atoms with Gasteiger partial charge in [-0.1, -0.05) is 47.5 Å². The molecule has 0 aliphatic carbocycles. The SMILES string of the molecule is C=CCn1c(N2CCCN(CCC(CN(C)C(=O)c3cc(OC)c(OC)c(OC)c3)c3ccc(Cl)c(Cl)c3)CC2)nc2ccccc21. The Labute approximate surface area is 287 Å². The van der Waals surface area contributed by atoms with Gasteiger partial charge in [-0.3, -0.25) is 4.79 Å². The number of rotatable bonds is 13. The van der Waals surface area contributed by atoms with Gasteiger partial charge < -0.3 is 33.5 Å². The Balaban J connectivity index is 1.31. The third kappa shape index (κ3) is 7.80. The number of halogens is 2. The van der Waals surface area contributed by atoms with Crippen LogP contribution in [0.5, 0.6) is 17.2 Å². The zero-order valence-corrected chi connectivity index (χ0v) is 29.1. The van der Waals surface area contributed by atoms with Gasteiger partial charge in [0.05, 0.1) is 42.4 Å². The lowest BCUT2D eigenvalue weighted by atomic mass is 9.94. The van der Waals surface area contributed by atoms with E-state index in [1.165, 1.54) is 21.3 Å². The summed E-state index contributed by atoms with van der Waals surface area (Å²) in [5.41, 5.74) is 3.61. The fourth-order valence-electron chi connectivity index (χ4n) is 6.31. The highest BCUT2D eigenvalue weighted by atomic mass is 35.5. The molecule has 1 fully saturated rings. The van der Waals surface area contributed by atoms with Crippen LogP contribution in [0.2, 0.25) is 10.0 Å². The molecule has 0 radical (unpaired) electrons. The Kier molecular flexibility index (Phi) is 11.6. The van der Waals surface area contributed by atoms with Crippen molar-refractivity contribution in [2.45, 2.75) is 25.3 Å². The van der Waals surface area contributed by atoms with E-state index >= 15 is 0 Å². The average Bonchev–Trinajstić information content (AvgIpc) is 3.28. The van der Waals surface area contributed by atoms with Crippen LogP contribution in [0.1, 0.15) is 34.7 Å². The Hall–Kier alpha value is -3.92. The molecule has 1 amide bonds. The van der Waals surface area contributed by atoms with E-state index in [-0.39, 0.29) is 11.8 Å². The molecule has 1 aromatic heterocycles. The average molecular weight is 681 g/mol. The lowest BCUT2D eigenvalue weighted by molar-refractivity contribution is 0.0782. The van der Waals surface area contributed by atoms with Crippen LogP contribution < -0.4 is 19.1 Å². The van der Waals surface area contributed by atoms with Crippen molar-refractivity contribution in [2.24, 2.45) is 0 Å². The van der Waals surface area contributed by atoms with E-state index in [1.54, 1.807) is 17.0 Å². The second-order valence-corrected chi connectivity index (χ2v) is 12.6. The number of methoxy groups -OCH3 is 3. The first-order valence-corrected chi connectivity index (χ1v) is 16.6. The van der Waals surface area contributed by atoms with Crippen molar-refractivity contribution in [2.75, 3.05) is 72.5 Å². The van der Waals surface area contributed by atoms with Crippen molar-refractivity contribution in [3.63, 3.8) is 0 Å². The molecule has 0 bridgehead atoms. The number of nitrogens with zero attached hydrogens (tertiary/aromatic N) is 5. The number of hydrogen-bond donors (Lipinski definition) is 0. The lowest BCUT2D eigenvalue weighted by Crippen LogP contribution is -2.35. The fourth-order valence-corrected chi connectivity index (χ4v) is 6.62. The predicted octanol–water partition coefficient (Wildman–Crippen LogP) is 7.01. The topological polar surface area (TPSA) is 72.3 Å². The standard InChI is InChI=1S/C36H43Cl2N5O4/c1-6-15-43-31-11-8-7-10-30(31)39-36(43)42-17-9-16-41(19-20-42)18-14-26(25-12-13-28(37)29(38)21-25)24-40(2)35(44)27-22-32(45-3)34(47-5)33(23-27)46-4/h6-8,10-13,21-23,26H,1,9,14-20,24H2,2-5H3. The summed E-state index contributed by atoms with van der Waals surface area (Å²) in [5, 5.41) is 1.01. The number of anilines is 1. The molecule has 3 aromatic carbocycles. The number of benzene rings is 3. The molecule has 0 N–H and O–H groups in total. The molecular formula is C36H43Cl2N5O4. The van der Waals surface area contributed by atoms with Crippen LogP contribution in [0.4, 0.5) is 5.95 Å². The molecule has 250 valence electrons. The van der Waals surface area contributed by atoms with E-state index in [2.05, 4.69) is 39.1 Å². The minimum atomic E-state index is -0.151. The zero-order valence-electron chi connectivity index (χ0n) is 27.5. The fraction of sp³-hybridized carbons (Fsp3) is 0.389. The van der Waals surface area contributed by atoms with Gasteiger partial charge >= 0.3 is 0 Å². The van der Waals surface area contributed by atoms with E-state index in [0.29, 0.717) is 45.9 Å². The second-order valence-electron chi connectivity index (χ2n) is 11.7. The summed E-state index contributed by atoms with van der Waals surface area (Å²) in [6, 6.07) is 17.4. The van der Waals surface area contributed by atoms with Gasteiger partial charge in [0.15, 0.2) is 11.5 Å². The van der Waals surface area contributed by atoms with Gasteiger partial charge in [0.2, 0.25) is 11.7 Å². The van der Waals surface area contributed by atoms with Crippen LogP contribution >= 0.6 is 23.2 Å². The molecule has 1 atom stereocenters. The Morgan fingerprint density at radius 3 is 2.40 bits per heavy atom. The molecule has 0 saturated carbocycles. The van der Waals surface area contributed by atoms with Crippen LogP contribution in [0.3, 0.4) is 0 Å². The van der Waals surface area contributed by atoms with Gasteiger partial charge in [-0.25, -0.2) is 4.98 Å². The molecule has 47 heavy (non-hydrogen) atoms. The molecule has 1 unspecified atom stereocenters. The van der Waals surface area contributed by atoms with E-state index in [1.807, 2.05) is 37.4 Å². The Morgan fingerprint density at radius 2 is 1.72 bits per heavy atom. The van der Waals surface area contributed by atoms with Crippen molar-refractivity contribution in [3.8, 4) is 17.2 Å². The van der Waals surface area contributed by atoms with Gasteiger partial charge in [-0.15, -0.1) is 6.58 Å².